The Morgan fingerprint density at radius 3 is 2.48 bits per heavy atom. The number of nitrogens with one attached hydrogen (secondary N) is 1. The van der Waals surface area contributed by atoms with Crippen molar-refractivity contribution in [2.24, 2.45) is 0 Å². The van der Waals surface area contributed by atoms with Crippen LogP contribution in [-0.4, -0.2) is 14.2 Å². The Kier molecular flexibility index (Phi) is 5.31. The number of hydrogen-bond acceptors (Lipinski definition) is 2. The van der Waals surface area contributed by atoms with Gasteiger partial charge in [0.15, 0.2) is 0 Å². The van der Waals surface area contributed by atoms with Crippen molar-refractivity contribution in [2.75, 3.05) is 14.2 Å². The number of methoxy groups -OCH3 is 1. The van der Waals surface area contributed by atoms with Crippen LogP contribution in [0, 0.1) is 13.8 Å². The van der Waals surface area contributed by atoms with E-state index in [-0.39, 0.29) is 6.04 Å². The number of halogens is 2. The molecule has 0 heterocycles. The van der Waals surface area contributed by atoms with Crippen molar-refractivity contribution in [2.45, 2.75) is 19.9 Å². The fourth-order valence-electron chi connectivity index (χ4n) is 2.67. The van der Waals surface area contributed by atoms with Crippen LogP contribution in [0.1, 0.15) is 28.3 Å². The van der Waals surface area contributed by atoms with Crippen molar-refractivity contribution < 1.29 is 4.74 Å². The van der Waals surface area contributed by atoms with Crippen molar-refractivity contribution in [3.05, 3.63) is 62.1 Å². The summed E-state index contributed by atoms with van der Waals surface area (Å²) in [5, 5.41) is 4.08. The van der Waals surface area contributed by atoms with E-state index in [1.165, 1.54) is 11.1 Å². The van der Waals surface area contributed by atoms with Gasteiger partial charge in [0.2, 0.25) is 0 Å². The summed E-state index contributed by atoms with van der Waals surface area (Å²) in [5.74, 6) is 0.880. The molecule has 0 aliphatic heterocycles. The molecule has 21 heavy (non-hydrogen) atoms. The van der Waals surface area contributed by atoms with Gasteiger partial charge in [0, 0.05) is 15.1 Å². The van der Waals surface area contributed by atoms with Crippen LogP contribution < -0.4 is 10.1 Å². The third kappa shape index (κ3) is 3.42. The van der Waals surface area contributed by atoms with E-state index in [2.05, 4.69) is 47.2 Å². The predicted octanol–water partition coefficient (Wildman–Crippen LogP) is 5.04. The highest BCUT2D eigenvalue weighted by molar-refractivity contribution is 9.10. The smallest absolute Gasteiger partial charge is 0.124 e. The van der Waals surface area contributed by atoms with Crippen LogP contribution in [-0.2, 0) is 0 Å². The maximum absolute atomic E-state index is 6.42. The molecule has 0 saturated heterocycles. The van der Waals surface area contributed by atoms with Crippen LogP contribution in [0.15, 0.2) is 34.8 Å². The van der Waals surface area contributed by atoms with Crippen LogP contribution in [0.5, 0.6) is 5.75 Å². The van der Waals surface area contributed by atoms with Gasteiger partial charge in [0.1, 0.15) is 5.75 Å². The van der Waals surface area contributed by atoms with Crippen molar-refractivity contribution in [3.63, 3.8) is 0 Å². The molecule has 0 radical (unpaired) electrons. The second-order valence-electron chi connectivity index (χ2n) is 5.09. The standard InChI is InChI=1S/C17H19BrClNO/c1-10-7-11(2)16(15(8-10)21-4)17(20-3)13-6-5-12(18)9-14(13)19/h5-9,17,20H,1-4H3. The molecule has 0 aliphatic carbocycles. The summed E-state index contributed by atoms with van der Waals surface area (Å²) < 4.78 is 6.55. The first-order valence-corrected chi connectivity index (χ1v) is 7.92. The van der Waals surface area contributed by atoms with E-state index in [9.17, 15) is 0 Å². The van der Waals surface area contributed by atoms with Gasteiger partial charge in [0.25, 0.3) is 0 Å². The normalized spacial score (nSPS) is 12.3. The summed E-state index contributed by atoms with van der Waals surface area (Å²) in [4.78, 5) is 0. The van der Waals surface area contributed by atoms with Crippen LogP contribution in [0.4, 0.5) is 0 Å². The topological polar surface area (TPSA) is 21.3 Å². The van der Waals surface area contributed by atoms with Crippen LogP contribution in [0.25, 0.3) is 0 Å². The van der Waals surface area contributed by atoms with Crippen molar-refractivity contribution in [1.82, 2.24) is 5.32 Å². The lowest BCUT2D eigenvalue weighted by atomic mass is 9.93. The van der Waals surface area contributed by atoms with E-state index in [1.807, 2.05) is 25.2 Å². The largest absolute Gasteiger partial charge is 0.496 e. The summed E-state index contributed by atoms with van der Waals surface area (Å²) in [6.07, 6.45) is 0. The first-order chi connectivity index (χ1) is 9.97. The molecule has 2 nitrogen and oxygen atoms in total. The molecule has 0 aromatic heterocycles. The van der Waals surface area contributed by atoms with Gasteiger partial charge in [-0.25, -0.2) is 0 Å². The lowest BCUT2D eigenvalue weighted by molar-refractivity contribution is 0.404. The van der Waals surface area contributed by atoms with Crippen LogP contribution >= 0.6 is 27.5 Å². The van der Waals surface area contributed by atoms with Gasteiger partial charge in [-0.1, -0.05) is 39.7 Å². The zero-order valence-corrected chi connectivity index (χ0v) is 15.0. The molecule has 112 valence electrons. The second kappa shape index (κ2) is 6.82. The van der Waals surface area contributed by atoms with E-state index in [0.29, 0.717) is 0 Å². The van der Waals surface area contributed by atoms with Gasteiger partial charge in [-0.3, -0.25) is 0 Å². The zero-order chi connectivity index (χ0) is 15.6. The average Bonchev–Trinajstić information content (AvgIpc) is 2.42. The minimum Gasteiger partial charge on any atom is -0.496 e. The molecule has 0 spiro atoms. The van der Waals surface area contributed by atoms with Gasteiger partial charge in [0.05, 0.1) is 13.2 Å². The molecule has 1 unspecified atom stereocenters. The Bertz CT molecular complexity index is 657. The molecule has 0 bridgehead atoms. The van der Waals surface area contributed by atoms with Crippen molar-refractivity contribution >= 4 is 27.5 Å². The maximum Gasteiger partial charge on any atom is 0.124 e. The molecular weight excluding hydrogens is 350 g/mol. The van der Waals surface area contributed by atoms with Gasteiger partial charge in [-0.15, -0.1) is 0 Å². The molecule has 0 amide bonds. The summed E-state index contributed by atoms with van der Waals surface area (Å²) in [6, 6.07) is 10.2. The third-order valence-electron chi connectivity index (χ3n) is 3.56. The zero-order valence-electron chi connectivity index (χ0n) is 12.6. The quantitative estimate of drug-likeness (QED) is 0.816. The molecule has 0 aliphatic rings. The molecular formula is C17H19BrClNO. The summed E-state index contributed by atoms with van der Waals surface area (Å²) in [6.45, 7) is 4.17. The van der Waals surface area contributed by atoms with Crippen LogP contribution in [0.2, 0.25) is 5.02 Å². The lowest BCUT2D eigenvalue weighted by Crippen LogP contribution is -2.20. The van der Waals surface area contributed by atoms with Gasteiger partial charge < -0.3 is 10.1 Å². The Hall–Kier alpha value is -1.03. The minimum absolute atomic E-state index is 0.0128. The second-order valence-corrected chi connectivity index (χ2v) is 6.41. The summed E-state index contributed by atoms with van der Waals surface area (Å²) in [5.41, 5.74) is 4.53. The molecule has 0 fully saturated rings. The first-order valence-electron chi connectivity index (χ1n) is 6.75. The highest BCUT2D eigenvalue weighted by Crippen LogP contribution is 2.37. The Labute approximate surface area is 139 Å². The monoisotopic (exact) mass is 367 g/mol. The van der Waals surface area contributed by atoms with Crippen molar-refractivity contribution in [3.8, 4) is 5.75 Å². The van der Waals surface area contributed by atoms with Crippen molar-refractivity contribution in [1.29, 1.82) is 0 Å². The number of benzene rings is 2. The van der Waals surface area contributed by atoms with Crippen LogP contribution in [0.3, 0.4) is 0 Å². The number of aryl methyl sites for hydroxylation is 2. The third-order valence-corrected chi connectivity index (χ3v) is 4.38. The van der Waals surface area contributed by atoms with Gasteiger partial charge >= 0.3 is 0 Å². The minimum atomic E-state index is -0.0128. The fraction of sp³-hybridized carbons (Fsp3) is 0.294. The Balaban J connectivity index is 2.61. The highest BCUT2D eigenvalue weighted by Gasteiger charge is 2.21. The number of hydrogen-bond donors (Lipinski definition) is 1. The fourth-order valence-corrected chi connectivity index (χ4v) is 3.45. The van der Waals surface area contributed by atoms with E-state index in [4.69, 9.17) is 16.3 Å². The van der Waals surface area contributed by atoms with E-state index in [1.54, 1.807) is 7.11 Å². The number of rotatable bonds is 4. The number of ether oxygens (including phenoxy) is 1. The summed E-state index contributed by atoms with van der Waals surface area (Å²) in [7, 11) is 3.63. The highest BCUT2D eigenvalue weighted by atomic mass is 79.9. The summed E-state index contributed by atoms with van der Waals surface area (Å²) >= 11 is 9.87. The van der Waals surface area contributed by atoms with Gasteiger partial charge in [-0.2, -0.15) is 0 Å². The molecule has 2 rings (SSSR count). The maximum atomic E-state index is 6.42. The Morgan fingerprint density at radius 1 is 1.19 bits per heavy atom. The lowest BCUT2D eigenvalue weighted by Gasteiger charge is -2.23. The molecule has 0 saturated carbocycles. The van der Waals surface area contributed by atoms with Gasteiger partial charge in [-0.05, 0) is 55.8 Å². The molecule has 4 heteroatoms. The molecule has 1 atom stereocenters. The molecule has 1 N–H and O–H groups in total. The van der Waals surface area contributed by atoms with E-state index in [0.717, 1.165) is 26.4 Å². The average molecular weight is 369 g/mol. The van der Waals surface area contributed by atoms with E-state index >= 15 is 0 Å². The molecule has 2 aromatic carbocycles. The SMILES string of the molecule is CNC(c1ccc(Br)cc1Cl)c1c(C)cc(C)cc1OC. The molecule has 2 aromatic rings. The Morgan fingerprint density at radius 2 is 1.90 bits per heavy atom. The van der Waals surface area contributed by atoms with E-state index < -0.39 is 0 Å². The predicted molar refractivity (Wildman–Crippen MR) is 92.5 cm³/mol. The first kappa shape index (κ1) is 16.3.